The molecule has 1 saturated heterocycles. The van der Waals surface area contributed by atoms with Crippen molar-refractivity contribution in [3.05, 3.63) is 58.6 Å². The van der Waals surface area contributed by atoms with Crippen molar-refractivity contribution in [1.82, 2.24) is 4.90 Å². The van der Waals surface area contributed by atoms with Crippen molar-refractivity contribution in [3.63, 3.8) is 0 Å². The summed E-state index contributed by atoms with van der Waals surface area (Å²) in [5.41, 5.74) is 3.65. The van der Waals surface area contributed by atoms with Gasteiger partial charge < -0.3 is 14.7 Å². The first-order valence-corrected chi connectivity index (χ1v) is 9.50. The number of anilines is 1. The summed E-state index contributed by atoms with van der Waals surface area (Å²) >= 11 is 6.14. The van der Waals surface area contributed by atoms with E-state index in [2.05, 4.69) is 22.8 Å². The molecular weight excluding hydrogens is 348 g/mol. The predicted octanol–water partition coefficient (Wildman–Crippen LogP) is 3.52. The first kappa shape index (κ1) is 19.0. The third kappa shape index (κ3) is 5.13. The molecule has 0 unspecified atom stereocenters. The van der Waals surface area contributed by atoms with E-state index in [1.54, 1.807) is 0 Å². The standard InChI is InChI=1S/C21H27ClN2O2/c1-16-3-7-20(8-4-16)26-15-19(25)14-23-9-11-24(12-10-23)21-13-18(22)6-5-17(21)2/h3-8,13,19,25H,9-12,14-15H2,1-2H3/t19-/m1/s1. The van der Waals surface area contributed by atoms with Crippen molar-refractivity contribution in [2.24, 2.45) is 0 Å². The molecule has 0 aliphatic carbocycles. The first-order valence-electron chi connectivity index (χ1n) is 9.12. The molecule has 1 atom stereocenters. The highest BCUT2D eigenvalue weighted by Gasteiger charge is 2.20. The van der Waals surface area contributed by atoms with Gasteiger partial charge in [0.25, 0.3) is 0 Å². The summed E-state index contributed by atoms with van der Waals surface area (Å²) in [5.74, 6) is 0.802. The number of rotatable bonds is 6. The molecule has 1 aliphatic heterocycles. The van der Waals surface area contributed by atoms with E-state index in [0.717, 1.165) is 37.0 Å². The highest BCUT2D eigenvalue weighted by molar-refractivity contribution is 6.30. The normalized spacial score (nSPS) is 16.5. The summed E-state index contributed by atoms with van der Waals surface area (Å²) in [6.07, 6.45) is -0.490. The van der Waals surface area contributed by atoms with Gasteiger partial charge in [0.15, 0.2) is 0 Å². The van der Waals surface area contributed by atoms with Crippen LogP contribution in [0, 0.1) is 13.8 Å². The molecule has 3 rings (SSSR count). The number of nitrogens with zero attached hydrogens (tertiary/aromatic N) is 2. The van der Waals surface area contributed by atoms with E-state index in [0.29, 0.717) is 13.2 Å². The van der Waals surface area contributed by atoms with Gasteiger partial charge in [-0.1, -0.05) is 35.4 Å². The van der Waals surface area contributed by atoms with Crippen molar-refractivity contribution in [2.75, 3.05) is 44.2 Å². The van der Waals surface area contributed by atoms with Gasteiger partial charge in [0.05, 0.1) is 0 Å². The molecular formula is C21H27ClN2O2. The second kappa shape index (κ2) is 8.76. The second-order valence-electron chi connectivity index (χ2n) is 7.00. The van der Waals surface area contributed by atoms with Gasteiger partial charge in [0.2, 0.25) is 0 Å². The number of ether oxygens (including phenoxy) is 1. The Morgan fingerprint density at radius 2 is 1.73 bits per heavy atom. The fourth-order valence-electron chi connectivity index (χ4n) is 3.27. The van der Waals surface area contributed by atoms with Crippen LogP contribution in [0.5, 0.6) is 5.75 Å². The molecule has 1 aliphatic rings. The molecule has 0 aromatic heterocycles. The lowest BCUT2D eigenvalue weighted by molar-refractivity contribution is 0.0663. The molecule has 1 fully saturated rings. The van der Waals surface area contributed by atoms with Crippen LogP contribution in [0.25, 0.3) is 0 Å². The largest absolute Gasteiger partial charge is 0.491 e. The van der Waals surface area contributed by atoms with Crippen LogP contribution in [0.1, 0.15) is 11.1 Å². The molecule has 5 heteroatoms. The maximum Gasteiger partial charge on any atom is 0.119 e. The summed E-state index contributed by atoms with van der Waals surface area (Å²) in [5, 5.41) is 11.1. The van der Waals surface area contributed by atoms with Gasteiger partial charge in [-0.2, -0.15) is 0 Å². The van der Waals surface area contributed by atoms with Gasteiger partial charge in [-0.15, -0.1) is 0 Å². The number of aliphatic hydroxyl groups excluding tert-OH is 1. The van der Waals surface area contributed by atoms with Gasteiger partial charge in [-0.3, -0.25) is 4.90 Å². The molecule has 0 radical (unpaired) electrons. The quantitative estimate of drug-likeness (QED) is 0.839. The zero-order valence-corrected chi connectivity index (χ0v) is 16.2. The lowest BCUT2D eigenvalue weighted by Gasteiger charge is -2.37. The van der Waals surface area contributed by atoms with Gasteiger partial charge in [-0.05, 0) is 43.7 Å². The fraction of sp³-hybridized carbons (Fsp3) is 0.429. The zero-order valence-electron chi connectivity index (χ0n) is 15.5. The smallest absolute Gasteiger partial charge is 0.119 e. The Balaban J connectivity index is 1.44. The summed E-state index contributed by atoms with van der Waals surface area (Å²) < 4.78 is 5.68. The van der Waals surface area contributed by atoms with E-state index in [-0.39, 0.29) is 0 Å². The minimum atomic E-state index is -0.490. The number of piperazine rings is 1. The Labute approximate surface area is 160 Å². The summed E-state index contributed by atoms with van der Waals surface area (Å²) in [4.78, 5) is 4.66. The van der Waals surface area contributed by atoms with Crippen molar-refractivity contribution < 1.29 is 9.84 Å². The average Bonchev–Trinajstić information content (AvgIpc) is 2.64. The minimum Gasteiger partial charge on any atom is -0.491 e. The Morgan fingerprint density at radius 1 is 1.04 bits per heavy atom. The number of hydrogen-bond acceptors (Lipinski definition) is 4. The van der Waals surface area contributed by atoms with Crippen molar-refractivity contribution in [1.29, 1.82) is 0 Å². The highest BCUT2D eigenvalue weighted by atomic mass is 35.5. The maximum atomic E-state index is 10.3. The van der Waals surface area contributed by atoms with Gasteiger partial charge in [-0.25, -0.2) is 0 Å². The van der Waals surface area contributed by atoms with Gasteiger partial charge in [0, 0.05) is 43.4 Å². The van der Waals surface area contributed by atoms with Crippen molar-refractivity contribution in [3.8, 4) is 5.75 Å². The van der Waals surface area contributed by atoms with Crippen LogP contribution in [0.2, 0.25) is 5.02 Å². The maximum absolute atomic E-state index is 10.3. The van der Waals surface area contributed by atoms with E-state index < -0.39 is 6.10 Å². The molecule has 2 aromatic rings. The predicted molar refractivity (Wildman–Crippen MR) is 108 cm³/mol. The third-order valence-corrected chi connectivity index (χ3v) is 5.05. The molecule has 0 spiro atoms. The van der Waals surface area contributed by atoms with Gasteiger partial charge >= 0.3 is 0 Å². The Bertz CT molecular complexity index is 712. The molecule has 26 heavy (non-hydrogen) atoms. The zero-order chi connectivity index (χ0) is 18.5. The number of aliphatic hydroxyl groups is 1. The molecule has 140 valence electrons. The molecule has 4 nitrogen and oxygen atoms in total. The molecule has 0 bridgehead atoms. The van der Waals surface area contributed by atoms with Crippen LogP contribution < -0.4 is 9.64 Å². The molecule has 0 saturated carbocycles. The lowest BCUT2D eigenvalue weighted by Crippen LogP contribution is -2.49. The second-order valence-corrected chi connectivity index (χ2v) is 7.43. The van der Waals surface area contributed by atoms with Crippen LogP contribution in [0.3, 0.4) is 0 Å². The molecule has 1 heterocycles. The van der Waals surface area contributed by atoms with Crippen LogP contribution in [-0.2, 0) is 0 Å². The monoisotopic (exact) mass is 374 g/mol. The third-order valence-electron chi connectivity index (χ3n) is 4.82. The van der Waals surface area contributed by atoms with E-state index in [9.17, 15) is 5.11 Å². The van der Waals surface area contributed by atoms with E-state index >= 15 is 0 Å². The SMILES string of the molecule is Cc1ccc(OC[C@H](O)CN2CCN(c3cc(Cl)ccc3C)CC2)cc1. The molecule has 0 amide bonds. The van der Waals surface area contributed by atoms with Crippen LogP contribution in [-0.4, -0.2) is 55.4 Å². The van der Waals surface area contributed by atoms with E-state index in [1.807, 2.05) is 43.3 Å². The molecule has 2 aromatic carbocycles. The number of halogens is 1. The van der Waals surface area contributed by atoms with E-state index in [4.69, 9.17) is 16.3 Å². The number of aryl methyl sites for hydroxylation is 2. The van der Waals surface area contributed by atoms with Gasteiger partial charge in [0.1, 0.15) is 18.5 Å². The number of hydrogen-bond donors (Lipinski definition) is 1. The first-order chi connectivity index (χ1) is 12.5. The minimum absolute atomic E-state index is 0.316. The molecule has 1 N–H and O–H groups in total. The summed E-state index contributed by atoms with van der Waals surface area (Å²) in [6, 6.07) is 13.9. The number of β-amino-alcohol motifs (C(OH)–C–C–N with tert-alkyl or cyclic N) is 1. The Hall–Kier alpha value is -1.75. The Kier molecular flexibility index (Phi) is 6.41. The van der Waals surface area contributed by atoms with Crippen LogP contribution in [0.15, 0.2) is 42.5 Å². The average molecular weight is 375 g/mol. The number of benzene rings is 2. The summed E-state index contributed by atoms with van der Waals surface area (Å²) in [7, 11) is 0. The van der Waals surface area contributed by atoms with Crippen LogP contribution >= 0.6 is 11.6 Å². The summed E-state index contributed by atoms with van der Waals surface area (Å²) in [6.45, 7) is 8.83. The van der Waals surface area contributed by atoms with E-state index in [1.165, 1.54) is 16.8 Å². The van der Waals surface area contributed by atoms with Crippen LogP contribution in [0.4, 0.5) is 5.69 Å². The topological polar surface area (TPSA) is 35.9 Å². The van der Waals surface area contributed by atoms with Crippen molar-refractivity contribution in [2.45, 2.75) is 20.0 Å². The van der Waals surface area contributed by atoms with Crippen molar-refractivity contribution >= 4 is 17.3 Å². The lowest BCUT2D eigenvalue weighted by atomic mass is 10.1. The Morgan fingerprint density at radius 3 is 2.42 bits per heavy atom. The highest BCUT2D eigenvalue weighted by Crippen LogP contribution is 2.25. The fourth-order valence-corrected chi connectivity index (χ4v) is 3.44.